The van der Waals surface area contributed by atoms with E-state index in [0.717, 1.165) is 0 Å². The summed E-state index contributed by atoms with van der Waals surface area (Å²) in [5.74, 6) is -0.502. The molecule has 0 atom stereocenters. The Balaban J connectivity index is 0. The summed E-state index contributed by atoms with van der Waals surface area (Å²) in [6, 6.07) is 0. The van der Waals surface area contributed by atoms with Gasteiger partial charge in [0.15, 0.2) is 0 Å². The van der Waals surface area contributed by atoms with Gasteiger partial charge in [-0.3, -0.25) is 9.59 Å². The van der Waals surface area contributed by atoms with Gasteiger partial charge in [0.1, 0.15) is 0 Å². The number of carbonyl (C=O) groups excluding carboxylic acids is 2. The Morgan fingerprint density at radius 2 is 1.80 bits per heavy atom. The average molecular weight is 138 g/mol. The van der Waals surface area contributed by atoms with Gasteiger partial charge in [-0.05, 0) is 20.8 Å². The molecule has 54 valence electrons. The van der Waals surface area contributed by atoms with Crippen LogP contribution in [-0.4, -0.2) is 31.3 Å². The van der Waals surface area contributed by atoms with Crippen LogP contribution >= 0.6 is 0 Å². The van der Waals surface area contributed by atoms with Gasteiger partial charge in [-0.2, -0.15) is 0 Å². The summed E-state index contributed by atoms with van der Waals surface area (Å²) in [4.78, 5) is 20.2. The van der Waals surface area contributed by atoms with Gasteiger partial charge in [-0.15, -0.1) is 0 Å². The quantitative estimate of drug-likeness (QED) is 0.223. The molecule has 0 aromatic heterocycles. The van der Waals surface area contributed by atoms with Gasteiger partial charge < -0.3 is 4.74 Å². The minimum atomic E-state index is -0.582. The van der Waals surface area contributed by atoms with E-state index in [1.165, 1.54) is 0 Å². The molecule has 0 bridgehead atoms. The second-order valence-corrected chi connectivity index (χ2v) is 2.75. The monoisotopic (exact) mass is 138 g/mol. The molecule has 0 amide bonds. The first kappa shape index (κ1) is 12.4. The molecular weight excluding hydrogens is 127 g/mol. The first-order chi connectivity index (χ1) is 3.98. The average Bonchev–Trinajstić information content (AvgIpc) is 1.64. The van der Waals surface area contributed by atoms with Crippen LogP contribution < -0.4 is 0 Å². The number of rotatable bonds is 1. The van der Waals surface area contributed by atoms with E-state index in [1.54, 1.807) is 20.8 Å². The SMILES string of the molecule is CC(C)(C)C(=O)OC=O.[LiH]. The molecule has 0 rings (SSSR count). The summed E-state index contributed by atoms with van der Waals surface area (Å²) in [6.45, 7) is 5.18. The van der Waals surface area contributed by atoms with E-state index in [4.69, 9.17) is 0 Å². The van der Waals surface area contributed by atoms with E-state index < -0.39 is 11.4 Å². The van der Waals surface area contributed by atoms with Gasteiger partial charge in [0.05, 0.1) is 5.41 Å². The normalized spacial score (nSPS) is 9.50. The van der Waals surface area contributed by atoms with Crippen molar-refractivity contribution in [1.29, 1.82) is 0 Å². The number of hydrogen-bond acceptors (Lipinski definition) is 3. The number of ether oxygens (including phenoxy) is 1. The van der Waals surface area contributed by atoms with Gasteiger partial charge in [-0.1, -0.05) is 0 Å². The van der Waals surface area contributed by atoms with Crippen LogP contribution in [0.15, 0.2) is 0 Å². The van der Waals surface area contributed by atoms with Crippen LogP contribution in [0.2, 0.25) is 0 Å². The Labute approximate surface area is 72.3 Å². The van der Waals surface area contributed by atoms with Crippen LogP contribution in [-0.2, 0) is 14.3 Å². The molecule has 4 heteroatoms. The second-order valence-electron chi connectivity index (χ2n) is 2.75. The molecule has 0 N–H and O–H groups in total. The predicted octanol–water partition coefficient (Wildman–Crippen LogP) is 0.0836. The van der Waals surface area contributed by atoms with Crippen molar-refractivity contribution in [3.8, 4) is 0 Å². The molecule has 0 saturated heterocycles. The number of esters is 1. The Hall–Kier alpha value is -0.263. The van der Waals surface area contributed by atoms with E-state index in [1.807, 2.05) is 0 Å². The third-order valence-corrected chi connectivity index (χ3v) is 0.768. The molecule has 0 saturated carbocycles. The number of carbonyl (C=O) groups is 2. The molecule has 0 heterocycles. The van der Waals surface area contributed by atoms with Crippen LogP contribution in [0.1, 0.15) is 20.8 Å². The molecule has 0 aliphatic heterocycles. The van der Waals surface area contributed by atoms with Crippen molar-refractivity contribution in [3.63, 3.8) is 0 Å². The van der Waals surface area contributed by atoms with Gasteiger partial charge in [0, 0.05) is 0 Å². The third-order valence-electron chi connectivity index (χ3n) is 0.768. The van der Waals surface area contributed by atoms with Crippen LogP contribution in [0.3, 0.4) is 0 Å². The Morgan fingerprint density at radius 3 is 1.90 bits per heavy atom. The van der Waals surface area contributed by atoms with Crippen LogP contribution in [0.4, 0.5) is 0 Å². The third kappa shape index (κ3) is 4.60. The molecule has 0 spiro atoms. The molecule has 0 aliphatic rings. The van der Waals surface area contributed by atoms with E-state index in [-0.39, 0.29) is 25.3 Å². The van der Waals surface area contributed by atoms with Crippen molar-refractivity contribution in [3.05, 3.63) is 0 Å². The van der Waals surface area contributed by atoms with E-state index in [9.17, 15) is 9.59 Å². The fourth-order valence-electron chi connectivity index (χ4n) is 0.220. The molecule has 0 aromatic carbocycles. The summed E-state index contributed by atoms with van der Waals surface area (Å²) in [5, 5.41) is 0. The van der Waals surface area contributed by atoms with Gasteiger partial charge in [0.2, 0.25) is 0 Å². The summed E-state index contributed by atoms with van der Waals surface area (Å²) < 4.78 is 4.09. The van der Waals surface area contributed by atoms with E-state index >= 15 is 0 Å². The first-order valence-corrected chi connectivity index (χ1v) is 2.63. The number of hydrogen-bond donors (Lipinski definition) is 0. The summed E-state index contributed by atoms with van der Waals surface area (Å²) >= 11 is 0. The fourth-order valence-corrected chi connectivity index (χ4v) is 0.220. The molecule has 10 heavy (non-hydrogen) atoms. The van der Waals surface area contributed by atoms with Crippen molar-refractivity contribution >= 4 is 31.3 Å². The molecular formula is C6H11LiO3. The molecule has 0 fully saturated rings. The minimum absolute atomic E-state index is 0. The van der Waals surface area contributed by atoms with E-state index in [0.29, 0.717) is 0 Å². The van der Waals surface area contributed by atoms with Crippen molar-refractivity contribution in [2.75, 3.05) is 0 Å². The van der Waals surface area contributed by atoms with Gasteiger partial charge in [0.25, 0.3) is 0 Å². The Kier molecular flexibility index (Phi) is 5.63. The molecule has 0 radical (unpaired) electrons. The summed E-state index contributed by atoms with van der Waals surface area (Å²) in [5.41, 5.74) is -0.582. The molecule has 0 aliphatic carbocycles. The molecule has 0 aromatic rings. The fraction of sp³-hybridized carbons (Fsp3) is 0.667. The zero-order chi connectivity index (χ0) is 7.49. The van der Waals surface area contributed by atoms with Crippen molar-refractivity contribution < 1.29 is 14.3 Å². The second kappa shape index (κ2) is 4.54. The zero-order valence-corrected chi connectivity index (χ0v) is 5.80. The van der Waals surface area contributed by atoms with Crippen molar-refractivity contribution in [2.45, 2.75) is 20.8 Å². The molecule has 0 unspecified atom stereocenters. The predicted molar refractivity (Wildman–Crippen MR) is 38.8 cm³/mol. The van der Waals surface area contributed by atoms with Crippen LogP contribution in [0.5, 0.6) is 0 Å². The Bertz CT molecular complexity index is 125. The Morgan fingerprint density at radius 1 is 1.40 bits per heavy atom. The zero-order valence-electron chi connectivity index (χ0n) is 5.80. The van der Waals surface area contributed by atoms with Crippen molar-refractivity contribution in [2.24, 2.45) is 5.41 Å². The maximum absolute atomic E-state index is 10.6. The maximum atomic E-state index is 10.6. The summed E-state index contributed by atoms with van der Waals surface area (Å²) in [6.07, 6.45) is 0. The standard InChI is InChI=1S/C6H10O3.Li.H/c1-6(2,3)5(8)9-4-7;;/h4H,1-3H3;;. The van der Waals surface area contributed by atoms with E-state index in [2.05, 4.69) is 4.74 Å². The van der Waals surface area contributed by atoms with Crippen molar-refractivity contribution in [1.82, 2.24) is 0 Å². The summed E-state index contributed by atoms with van der Waals surface area (Å²) in [7, 11) is 0. The van der Waals surface area contributed by atoms with Crippen LogP contribution in [0.25, 0.3) is 0 Å². The van der Waals surface area contributed by atoms with Crippen LogP contribution in [0, 0.1) is 5.41 Å². The topological polar surface area (TPSA) is 43.4 Å². The van der Waals surface area contributed by atoms with Gasteiger partial charge >= 0.3 is 31.3 Å². The van der Waals surface area contributed by atoms with Gasteiger partial charge in [-0.25, -0.2) is 0 Å². The first-order valence-electron chi connectivity index (χ1n) is 2.63. The molecule has 3 nitrogen and oxygen atoms in total.